The first-order valence-electron chi connectivity index (χ1n) is 7.66. The first-order chi connectivity index (χ1) is 10.7. The summed E-state index contributed by atoms with van der Waals surface area (Å²) in [5.74, 6) is 1.87. The van der Waals surface area contributed by atoms with Gasteiger partial charge in [0.2, 0.25) is 11.7 Å². The van der Waals surface area contributed by atoms with Gasteiger partial charge in [0.25, 0.3) is 0 Å². The van der Waals surface area contributed by atoms with Crippen molar-refractivity contribution in [1.29, 1.82) is 0 Å². The van der Waals surface area contributed by atoms with Gasteiger partial charge in [-0.3, -0.25) is 0 Å². The number of hydrogen-bond acceptors (Lipinski definition) is 5. The third-order valence-corrected chi connectivity index (χ3v) is 4.86. The summed E-state index contributed by atoms with van der Waals surface area (Å²) < 4.78 is 10.4. The van der Waals surface area contributed by atoms with Gasteiger partial charge in [-0.25, -0.2) is 4.79 Å². The van der Waals surface area contributed by atoms with Gasteiger partial charge >= 0.3 is 6.09 Å². The van der Waals surface area contributed by atoms with Gasteiger partial charge in [-0.2, -0.15) is 4.98 Å². The maximum atomic E-state index is 11.4. The molecule has 0 unspecified atom stereocenters. The van der Waals surface area contributed by atoms with E-state index in [9.17, 15) is 4.79 Å². The van der Waals surface area contributed by atoms with Crippen molar-refractivity contribution < 1.29 is 14.1 Å². The lowest BCUT2D eigenvalue weighted by Crippen LogP contribution is -2.38. The number of nitrogens with zero attached hydrogens (tertiary/aromatic N) is 2. The Morgan fingerprint density at radius 1 is 1.32 bits per heavy atom. The van der Waals surface area contributed by atoms with Crippen LogP contribution in [0.3, 0.4) is 0 Å². The van der Waals surface area contributed by atoms with Crippen LogP contribution in [0.25, 0.3) is 11.4 Å². The summed E-state index contributed by atoms with van der Waals surface area (Å²) in [6, 6.07) is 6.16. The highest BCUT2D eigenvalue weighted by Crippen LogP contribution is 2.42. The number of hydrogen-bond donors (Lipinski definition) is 1. The number of alkyl carbamates (subject to hydrolysis) is 1. The second-order valence-corrected chi connectivity index (χ2v) is 6.39. The normalized spacial score (nSPS) is 26.1. The smallest absolute Gasteiger partial charge is 0.408 e. The summed E-state index contributed by atoms with van der Waals surface area (Å²) in [5.41, 5.74) is 2.99. The number of aromatic nitrogens is 2. The Kier molecular flexibility index (Phi) is 2.27. The van der Waals surface area contributed by atoms with E-state index in [4.69, 9.17) is 9.26 Å². The summed E-state index contributed by atoms with van der Waals surface area (Å²) in [5, 5.41) is 7.05. The van der Waals surface area contributed by atoms with Crippen LogP contribution in [0.15, 0.2) is 22.7 Å². The van der Waals surface area contributed by atoms with Crippen molar-refractivity contribution in [3.8, 4) is 11.4 Å². The molecule has 2 heterocycles. The number of benzene rings is 1. The van der Waals surface area contributed by atoms with Gasteiger partial charge < -0.3 is 14.6 Å². The predicted molar refractivity (Wildman–Crippen MR) is 76.2 cm³/mol. The fourth-order valence-electron chi connectivity index (χ4n) is 3.47. The Labute approximate surface area is 126 Å². The molecule has 1 atom stereocenters. The molecule has 6 nitrogen and oxygen atoms in total. The van der Waals surface area contributed by atoms with E-state index in [0.717, 1.165) is 42.7 Å². The molecule has 1 saturated heterocycles. The minimum Gasteiger partial charge on any atom is -0.447 e. The van der Waals surface area contributed by atoms with Crippen molar-refractivity contribution in [3.05, 3.63) is 35.2 Å². The fraction of sp³-hybridized carbons (Fsp3) is 0.438. The number of fused-ring (bicyclic) bond motifs is 2. The van der Waals surface area contributed by atoms with Gasteiger partial charge in [0.1, 0.15) is 12.1 Å². The van der Waals surface area contributed by atoms with Gasteiger partial charge in [0.05, 0.1) is 0 Å². The average molecular weight is 297 g/mol. The quantitative estimate of drug-likeness (QED) is 0.921. The van der Waals surface area contributed by atoms with E-state index < -0.39 is 0 Å². The van der Waals surface area contributed by atoms with Gasteiger partial charge in [0.15, 0.2) is 0 Å². The third-order valence-electron chi connectivity index (χ3n) is 4.86. The Hall–Kier alpha value is -2.37. The van der Waals surface area contributed by atoms with Crippen LogP contribution < -0.4 is 5.32 Å². The minimum absolute atomic E-state index is 0.329. The Balaban J connectivity index is 1.51. The van der Waals surface area contributed by atoms with E-state index in [-0.39, 0.29) is 11.6 Å². The maximum Gasteiger partial charge on any atom is 0.408 e. The number of carbonyl (C=O) groups is 1. The molecule has 22 heavy (non-hydrogen) atoms. The second-order valence-electron chi connectivity index (χ2n) is 6.39. The van der Waals surface area contributed by atoms with E-state index in [1.807, 2.05) is 6.07 Å². The molecule has 0 radical (unpaired) electrons. The molecule has 2 aliphatic carbocycles. The number of carbonyl (C=O) groups excluding carboxylic acids is 1. The van der Waals surface area contributed by atoms with Crippen LogP contribution >= 0.6 is 0 Å². The molecule has 2 fully saturated rings. The largest absolute Gasteiger partial charge is 0.447 e. The van der Waals surface area contributed by atoms with Crippen LogP contribution in [0, 0.1) is 0 Å². The van der Waals surface area contributed by atoms with Gasteiger partial charge in [-0.15, -0.1) is 0 Å². The van der Waals surface area contributed by atoms with Crippen molar-refractivity contribution in [3.63, 3.8) is 0 Å². The zero-order chi connectivity index (χ0) is 14.7. The Bertz CT molecular complexity index is 781. The van der Waals surface area contributed by atoms with Crippen molar-refractivity contribution in [2.45, 2.75) is 37.1 Å². The molecule has 3 aliphatic rings. The van der Waals surface area contributed by atoms with Crippen LogP contribution in [0.2, 0.25) is 0 Å². The number of rotatable bonds is 2. The molecule has 1 N–H and O–H groups in total. The molecule has 1 aromatic heterocycles. The number of amides is 1. The van der Waals surface area contributed by atoms with Crippen LogP contribution in [-0.2, 0) is 16.7 Å². The lowest BCUT2D eigenvalue weighted by molar-refractivity contribution is 0.172. The zero-order valence-electron chi connectivity index (χ0n) is 12.0. The standard InChI is InChI=1S/C16H15N3O3/c20-15-18-16(8-21-15)6-5-10-7-11(3-4-12(10)16)13-17-14(22-19-13)9-1-2-9/h3-4,7,9H,1-2,5-6,8H2,(H,18,20)/t16-/m0/s1. The SMILES string of the molecule is O=C1N[C@@]2(CCc3cc(-c4noc(C5CC5)n4)ccc32)CO1. The van der Waals surface area contributed by atoms with E-state index in [0.29, 0.717) is 18.3 Å². The lowest BCUT2D eigenvalue weighted by atomic mass is 9.93. The molecule has 2 aromatic rings. The first-order valence-corrected chi connectivity index (χ1v) is 7.66. The molecule has 6 heteroatoms. The second kappa shape index (κ2) is 4.09. The zero-order valence-corrected chi connectivity index (χ0v) is 12.0. The van der Waals surface area contributed by atoms with Crippen molar-refractivity contribution in [2.24, 2.45) is 0 Å². The Morgan fingerprint density at radius 3 is 3.00 bits per heavy atom. The molecule has 112 valence electrons. The highest BCUT2D eigenvalue weighted by molar-refractivity contribution is 5.72. The van der Waals surface area contributed by atoms with Gasteiger partial charge in [-0.1, -0.05) is 17.3 Å². The molecule has 5 rings (SSSR count). The summed E-state index contributed by atoms with van der Waals surface area (Å²) >= 11 is 0. The molecule has 1 saturated carbocycles. The van der Waals surface area contributed by atoms with E-state index >= 15 is 0 Å². The third kappa shape index (κ3) is 1.70. The van der Waals surface area contributed by atoms with Crippen molar-refractivity contribution in [2.75, 3.05) is 6.61 Å². The van der Waals surface area contributed by atoms with Crippen LogP contribution in [0.4, 0.5) is 4.79 Å². The summed E-state index contributed by atoms with van der Waals surface area (Å²) in [6.07, 6.45) is 3.75. The average Bonchev–Trinajstić information content (AvgIpc) is 3.00. The monoisotopic (exact) mass is 297 g/mol. The number of ether oxygens (including phenoxy) is 1. The lowest BCUT2D eigenvalue weighted by Gasteiger charge is -2.21. The summed E-state index contributed by atoms with van der Waals surface area (Å²) in [7, 11) is 0. The van der Waals surface area contributed by atoms with E-state index in [2.05, 4.69) is 27.6 Å². The van der Waals surface area contributed by atoms with Gasteiger partial charge in [-0.05, 0) is 42.9 Å². The number of aryl methyl sites for hydroxylation is 1. The minimum atomic E-state index is -0.346. The molecule has 1 spiro atoms. The van der Waals surface area contributed by atoms with Gasteiger partial charge in [0, 0.05) is 11.5 Å². The molecule has 1 amide bonds. The maximum absolute atomic E-state index is 11.4. The van der Waals surface area contributed by atoms with E-state index in [1.165, 1.54) is 5.56 Å². The highest BCUT2D eigenvalue weighted by atomic mass is 16.6. The van der Waals surface area contributed by atoms with E-state index in [1.54, 1.807) is 0 Å². The molecule has 1 aromatic carbocycles. The Morgan fingerprint density at radius 2 is 2.23 bits per heavy atom. The molecular formula is C16H15N3O3. The highest BCUT2D eigenvalue weighted by Gasteiger charge is 2.45. The van der Waals surface area contributed by atoms with Crippen molar-refractivity contribution >= 4 is 6.09 Å². The summed E-state index contributed by atoms with van der Waals surface area (Å²) in [6.45, 7) is 0.409. The van der Waals surface area contributed by atoms with Crippen LogP contribution in [0.1, 0.15) is 42.2 Å². The molecule has 0 bridgehead atoms. The summed E-state index contributed by atoms with van der Waals surface area (Å²) in [4.78, 5) is 15.9. The first kappa shape index (κ1) is 12.2. The predicted octanol–water partition coefficient (Wildman–Crippen LogP) is 2.50. The van der Waals surface area contributed by atoms with Crippen LogP contribution in [-0.4, -0.2) is 22.8 Å². The number of nitrogens with one attached hydrogen (secondary N) is 1. The van der Waals surface area contributed by atoms with Crippen LogP contribution in [0.5, 0.6) is 0 Å². The number of cyclic esters (lactones) is 1. The van der Waals surface area contributed by atoms with Crippen molar-refractivity contribution in [1.82, 2.24) is 15.5 Å². The molecule has 1 aliphatic heterocycles. The topological polar surface area (TPSA) is 77.3 Å². The molecular weight excluding hydrogens is 282 g/mol. The fourth-order valence-corrected chi connectivity index (χ4v) is 3.47.